The Morgan fingerprint density at radius 1 is 0.509 bits per heavy atom. The molecule has 0 saturated heterocycles. The van der Waals surface area contributed by atoms with Crippen molar-refractivity contribution in [2.75, 3.05) is 0 Å². The van der Waals surface area contributed by atoms with Crippen molar-refractivity contribution in [3.8, 4) is 39.5 Å². The van der Waals surface area contributed by atoms with Gasteiger partial charge in [-0.25, -0.2) is 9.97 Å². The van der Waals surface area contributed by atoms with Crippen molar-refractivity contribution in [2.24, 2.45) is 0 Å². The van der Waals surface area contributed by atoms with Gasteiger partial charge in [-0.05, 0) is 58.3 Å². The van der Waals surface area contributed by atoms with E-state index in [1.165, 1.54) is 64.0 Å². The molecule has 12 rings (SSSR count). The van der Waals surface area contributed by atoms with Crippen molar-refractivity contribution in [1.82, 2.24) is 19.5 Å². The first-order chi connectivity index (χ1) is 27.3. The molecule has 5 heterocycles. The summed E-state index contributed by atoms with van der Waals surface area (Å²) < 4.78 is 11.3. The van der Waals surface area contributed by atoms with E-state index in [0.717, 1.165) is 33.3 Å². The van der Waals surface area contributed by atoms with Crippen LogP contribution in [0, 0.1) is 0 Å². The van der Waals surface area contributed by atoms with Crippen LogP contribution in [0.15, 0.2) is 175 Å². The third-order valence-electron chi connectivity index (χ3n) is 10.9. The molecule has 256 valence electrons. The Hall–Kier alpha value is -7.15. The van der Waals surface area contributed by atoms with Gasteiger partial charge in [0.15, 0.2) is 17.0 Å². The zero-order valence-electron chi connectivity index (χ0n) is 29.3. The quantitative estimate of drug-likeness (QED) is 0.182. The summed E-state index contributed by atoms with van der Waals surface area (Å²) in [5.41, 5.74) is 10.7. The van der Waals surface area contributed by atoms with Gasteiger partial charge >= 0.3 is 0 Å². The van der Waals surface area contributed by atoms with E-state index >= 15 is 0 Å². The molecule has 0 radical (unpaired) electrons. The summed E-state index contributed by atoms with van der Waals surface area (Å²) in [6, 6.07) is 56.2. The molecule has 0 atom stereocenters. The van der Waals surface area contributed by atoms with Crippen molar-refractivity contribution in [1.29, 1.82) is 0 Å². The number of aromatic nitrogens is 4. The average Bonchev–Trinajstić information content (AvgIpc) is 3.93. The molecule has 0 bridgehead atoms. The molecule has 0 aliphatic carbocycles. The summed E-state index contributed by atoms with van der Waals surface area (Å²) in [4.78, 5) is 14.7. The monoisotopic (exact) mass is 720 g/mol. The van der Waals surface area contributed by atoms with Crippen LogP contribution < -0.4 is 0 Å². The molecule has 0 spiro atoms. The number of hydrogen-bond donors (Lipinski definition) is 0. The average molecular weight is 721 g/mol. The summed E-state index contributed by atoms with van der Waals surface area (Å²) >= 11 is 1.81. The van der Waals surface area contributed by atoms with E-state index in [-0.39, 0.29) is 0 Å². The van der Waals surface area contributed by atoms with Crippen LogP contribution in [-0.2, 0) is 0 Å². The highest BCUT2D eigenvalue weighted by Crippen LogP contribution is 2.44. The minimum Gasteiger partial charge on any atom is -0.450 e. The van der Waals surface area contributed by atoms with Gasteiger partial charge in [-0.15, -0.1) is 11.3 Å². The van der Waals surface area contributed by atoms with E-state index in [0.29, 0.717) is 17.0 Å². The molecule has 0 amide bonds. The SMILES string of the molecule is c1ccc(-c2ccc(-c3nc(-c4ccc5c(c4)sc4cccc(-n6c7ccccc7c7c8ccccc8ccc76)c45)nc4c3oc3cnccc34)cc2)cc1. The number of pyridine rings is 1. The Bertz CT molecular complexity index is 3490. The van der Waals surface area contributed by atoms with Crippen LogP contribution in [0.4, 0.5) is 0 Å². The molecule has 0 aliphatic rings. The van der Waals surface area contributed by atoms with Gasteiger partial charge in [0.1, 0.15) is 11.2 Å². The summed E-state index contributed by atoms with van der Waals surface area (Å²) in [6.07, 6.45) is 3.54. The molecule has 0 unspecified atom stereocenters. The molecule has 55 heavy (non-hydrogen) atoms. The minimum absolute atomic E-state index is 0.656. The number of rotatable bonds is 4. The fourth-order valence-corrected chi connectivity index (χ4v) is 9.57. The normalized spacial score (nSPS) is 12.0. The molecule has 0 saturated carbocycles. The van der Waals surface area contributed by atoms with Gasteiger partial charge in [0.25, 0.3) is 0 Å². The van der Waals surface area contributed by atoms with Gasteiger partial charge in [-0.2, -0.15) is 0 Å². The predicted octanol–water partition coefficient (Wildman–Crippen LogP) is 13.4. The zero-order chi connectivity index (χ0) is 36.0. The Kier molecular flexibility index (Phi) is 6.44. The van der Waals surface area contributed by atoms with E-state index in [9.17, 15) is 0 Å². The van der Waals surface area contributed by atoms with Crippen molar-refractivity contribution < 1.29 is 4.42 Å². The van der Waals surface area contributed by atoms with Gasteiger partial charge in [-0.1, -0.05) is 121 Å². The zero-order valence-corrected chi connectivity index (χ0v) is 30.1. The molecule has 0 aliphatic heterocycles. The van der Waals surface area contributed by atoms with Crippen LogP contribution in [0.25, 0.3) is 114 Å². The first-order valence-electron chi connectivity index (χ1n) is 18.3. The molecule has 0 fully saturated rings. The van der Waals surface area contributed by atoms with Crippen molar-refractivity contribution in [3.05, 3.63) is 170 Å². The highest BCUT2D eigenvalue weighted by atomic mass is 32.1. The fourth-order valence-electron chi connectivity index (χ4n) is 8.40. The Morgan fingerprint density at radius 3 is 2.20 bits per heavy atom. The van der Waals surface area contributed by atoms with Crippen molar-refractivity contribution in [2.45, 2.75) is 0 Å². The topological polar surface area (TPSA) is 56.7 Å². The van der Waals surface area contributed by atoms with Gasteiger partial charge in [-0.3, -0.25) is 4.98 Å². The number of para-hydroxylation sites is 1. The molecular formula is C49H28N4OS. The molecule has 6 heteroatoms. The summed E-state index contributed by atoms with van der Waals surface area (Å²) in [7, 11) is 0. The molecular weight excluding hydrogens is 693 g/mol. The lowest BCUT2D eigenvalue weighted by atomic mass is 10.0. The fraction of sp³-hybridized carbons (Fsp3) is 0. The molecule has 12 aromatic rings. The van der Waals surface area contributed by atoms with Crippen molar-refractivity contribution in [3.63, 3.8) is 0 Å². The van der Waals surface area contributed by atoms with Gasteiger partial charge < -0.3 is 8.98 Å². The summed E-state index contributed by atoms with van der Waals surface area (Å²) in [5, 5.41) is 8.44. The second kappa shape index (κ2) is 11.7. The van der Waals surface area contributed by atoms with Crippen molar-refractivity contribution >= 4 is 86.2 Å². The van der Waals surface area contributed by atoms with Crippen LogP contribution in [0.5, 0.6) is 0 Å². The van der Waals surface area contributed by atoms with Gasteiger partial charge in [0, 0.05) is 48.3 Å². The number of thiophene rings is 1. The second-order valence-corrected chi connectivity index (χ2v) is 15.1. The largest absolute Gasteiger partial charge is 0.450 e. The first-order valence-corrected chi connectivity index (χ1v) is 19.2. The maximum absolute atomic E-state index is 6.40. The predicted molar refractivity (Wildman–Crippen MR) is 228 cm³/mol. The van der Waals surface area contributed by atoms with Crippen LogP contribution in [0.3, 0.4) is 0 Å². The van der Waals surface area contributed by atoms with E-state index in [4.69, 9.17) is 14.4 Å². The lowest BCUT2D eigenvalue weighted by Crippen LogP contribution is -1.95. The van der Waals surface area contributed by atoms with E-state index in [2.05, 4.69) is 155 Å². The van der Waals surface area contributed by atoms with E-state index in [1.807, 2.05) is 23.5 Å². The molecule has 5 nitrogen and oxygen atoms in total. The van der Waals surface area contributed by atoms with Crippen LogP contribution in [-0.4, -0.2) is 19.5 Å². The molecule has 5 aromatic heterocycles. The lowest BCUT2D eigenvalue weighted by molar-refractivity contribution is 0.665. The van der Waals surface area contributed by atoms with E-state index < -0.39 is 0 Å². The number of hydrogen-bond acceptors (Lipinski definition) is 5. The Morgan fingerprint density at radius 2 is 1.29 bits per heavy atom. The Balaban J connectivity index is 1.05. The second-order valence-electron chi connectivity index (χ2n) is 14.0. The minimum atomic E-state index is 0.656. The highest BCUT2D eigenvalue weighted by Gasteiger charge is 2.21. The Labute approximate surface area is 318 Å². The third-order valence-corrected chi connectivity index (χ3v) is 12.0. The molecule has 0 N–H and O–H groups in total. The number of benzene rings is 7. The number of fused-ring (bicyclic) bond motifs is 11. The van der Waals surface area contributed by atoms with Crippen LogP contribution in [0.1, 0.15) is 0 Å². The van der Waals surface area contributed by atoms with Crippen LogP contribution in [0.2, 0.25) is 0 Å². The lowest BCUT2D eigenvalue weighted by Gasteiger charge is -2.11. The first kappa shape index (κ1) is 30.3. The van der Waals surface area contributed by atoms with E-state index in [1.54, 1.807) is 12.4 Å². The number of nitrogens with zero attached hydrogens (tertiary/aromatic N) is 4. The van der Waals surface area contributed by atoms with Gasteiger partial charge in [0.05, 0.1) is 28.3 Å². The molecule has 7 aromatic carbocycles. The smallest absolute Gasteiger partial charge is 0.180 e. The summed E-state index contributed by atoms with van der Waals surface area (Å²) in [6.45, 7) is 0. The maximum Gasteiger partial charge on any atom is 0.180 e. The number of furan rings is 1. The van der Waals surface area contributed by atoms with Crippen LogP contribution >= 0.6 is 11.3 Å². The van der Waals surface area contributed by atoms with Gasteiger partial charge in [0.2, 0.25) is 0 Å². The highest BCUT2D eigenvalue weighted by molar-refractivity contribution is 7.26. The standard InChI is InChI=1S/C49H28N4OS/c1-2-9-29(10-3-1)30-17-19-32(20-18-30)46-48-47(36-25-26-50-28-41(36)54-48)52-49(51-46)33-21-23-37-43(27-33)55-42-16-8-15-39(45(37)42)53-38-14-7-6-13-35(38)44-34-12-5-4-11-31(34)22-24-40(44)53/h1-28H. The maximum atomic E-state index is 6.40. The summed E-state index contributed by atoms with van der Waals surface area (Å²) in [5.74, 6) is 0.656. The third kappa shape index (κ3) is 4.55.